The first-order valence-electron chi connectivity index (χ1n) is 35.0. The van der Waals surface area contributed by atoms with Gasteiger partial charge in [0.05, 0.1) is 6.04 Å². The molecule has 2 heterocycles. The number of fused-ring (bicyclic) bond motifs is 3. The Balaban J connectivity index is 0.795. The number of aromatic nitrogens is 1. The molecule has 0 radical (unpaired) electrons. The first-order chi connectivity index (χ1) is 43.1. The summed E-state index contributed by atoms with van der Waals surface area (Å²) in [5.74, 6) is 2.89. The van der Waals surface area contributed by atoms with Gasteiger partial charge in [0.2, 0.25) is 11.8 Å². The molecule has 89 heavy (non-hydrogen) atoms. The van der Waals surface area contributed by atoms with E-state index in [1.54, 1.807) is 6.92 Å². The number of guanidine groups is 1. The highest BCUT2D eigenvalue weighted by atomic mass is 16.2. The number of nitrogens with two attached hydrogens (primary N) is 3. The third-order valence-electron chi connectivity index (χ3n) is 22.7. The molecule has 6 aliphatic rings. The van der Waals surface area contributed by atoms with E-state index >= 15 is 4.79 Å². The van der Waals surface area contributed by atoms with E-state index in [1.807, 2.05) is 36.4 Å². The maximum atomic E-state index is 15.4. The van der Waals surface area contributed by atoms with Crippen molar-refractivity contribution < 1.29 is 33.6 Å². The van der Waals surface area contributed by atoms with E-state index < -0.39 is 6.04 Å². The van der Waals surface area contributed by atoms with Gasteiger partial charge < -0.3 is 38.1 Å². The summed E-state index contributed by atoms with van der Waals surface area (Å²) in [6, 6.07) is 16.8. The second-order valence-electron chi connectivity index (χ2n) is 28.6. The molecular weight excluding hydrogens is 1110 g/mol. The lowest BCUT2D eigenvalue weighted by molar-refractivity contribution is -0.131. The quantitative estimate of drug-likeness (QED) is 0.0128. The average molecular weight is 1220 g/mol. The minimum Gasteiger partial charge on any atom is -0.370 e. The van der Waals surface area contributed by atoms with Crippen LogP contribution in [0.25, 0.3) is 10.9 Å². The van der Waals surface area contributed by atoms with Gasteiger partial charge >= 0.3 is 0 Å². The van der Waals surface area contributed by atoms with Crippen molar-refractivity contribution in [2.45, 2.75) is 206 Å². The van der Waals surface area contributed by atoms with Crippen molar-refractivity contribution in [1.29, 1.82) is 0 Å². The zero-order chi connectivity index (χ0) is 62.8. The van der Waals surface area contributed by atoms with E-state index in [0.29, 0.717) is 99.2 Å². The van der Waals surface area contributed by atoms with Gasteiger partial charge in [0.1, 0.15) is 29.2 Å². The van der Waals surface area contributed by atoms with Gasteiger partial charge in [-0.15, -0.1) is 0 Å². The van der Waals surface area contributed by atoms with E-state index in [4.69, 9.17) is 17.2 Å². The molecule has 10 unspecified atom stereocenters. The molecule has 2 aromatic carbocycles. The number of aromatic amines is 1. The van der Waals surface area contributed by atoms with Crippen LogP contribution < -0.4 is 33.2 Å². The predicted molar refractivity (Wildman–Crippen MR) is 353 cm³/mol. The van der Waals surface area contributed by atoms with Crippen LogP contribution in [0, 0.1) is 82.9 Å². The molecule has 4 saturated carbocycles. The minimum atomic E-state index is -0.743. The molecule has 5 fully saturated rings. The van der Waals surface area contributed by atoms with Crippen molar-refractivity contribution in [3.63, 3.8) is 0 Å². The molecule has 15 nitrogen and oxygen atoms in total. The Kier molecular flexibility index (Phi) is 25.4. The van der Waals surface area contributed by atoms with E-state index in [1.165, 1.54) is 45.4 Å². The van der Waals surface area contributed by atoms with Crippen LogP contribution >= 0.6 is 0 Å². The second-order valence-corrected chi connectivity index (χ2v) is 28.6. The maximum Gasteiger partial charge on any atom is 0.242 e. The lowest BCUT2D eigenvalue weighted by atomic mass is 9.68. The number of Topliss-reactive ketones (excluding diaryl/α,β-unsaturated/α-hetero) is 5. The Hall–Kier alpha value is -5.80. The van der Waals surface area contributed by atoms with Crippen molar-refractivity contribution in [3.05, 3.63) is 84.1 Å². The third kappa shape index (κ3) is 19.1. The molecule has 3 aromatic rings. The van der Waals surface area contributed by atoms with Crippen LogP contribution in [0.3, 0.4) is 0 Å². The highest BCUT2D eigenvalue weighted by molar-refractivity contribution is 5.90. The molecule has 1 saturated heterocycles. The molecule has 15 heteroatoms. The van der Waals surface area contributed by atoms with Gasteiger partial charge in [-0.1, -0.05) is 99.2 Å². The summed E-state index contributed by atoms with van der Waals surface area (Å²) >= 11 is 0. The van der Waals surface area contributed by atoms with E-state index in [0.717, 1.165) is 131 Å². The summed E-state index contributed by atoms with van der Waals surface area (Å²) in [7, 11) is 0. The number of aliphatic imine (C=N–C) groups is 1. The van der Waals surface area contributed by atoms with Crippen molar-refractivity contribution in [2.75, 3.05) is 26.2 Å². The fourth-order valence-corrected chi connectivity index (χ4v) is 17.5. The van der Waals surface area contributed by atoms with Gasteiger partial charge in [0.15, 0.2) is 11.7 Å². The van der Waals surface area contributed by atoms with Crippen molar-refractivity contribution in [1.82, 2.24) is 20.9 Å². The number of ketones is 5. The molecule has 1 aromatic heterocycles. The van der Waals surface area contributed by atoms with Crippen LogP contribution in [-0.2, 0) is 46.4 Å². The topological polar surface area (TPSA) is 262 Å². The first-order valence-corrected chi connectivity index (χ1v) is 35.0. The molecule has 14 atom stereocenters. The lowest BCUT2D eigenvalue weighted by Crippen LogP contribution is -2.48. The van der Waals surface area contributed by atoms with Gasteiger partial charge in [0, 0.05) is 91.9 Å². The number of carbonyl (C=O) groups excluding carboxylic acids is 7. The highest BCUT2D eigenvalue weighted by Crippen LogP contribution is 2.47. The summed E-state index contributed by atoms with van der Waals surface area (Å²) in [6.07, 6.45) is 31.1. The van der Waals surface area contributed by atoms with Gasteiger partial charge in [0.25, 0.3) is 0 Å². The molecular formula is C74H108N8O7. The second kappa shape index (κ2) is 33.5. The van der Waals surface area contributed by atoms with Crippen LogP contribution in [0.15, 0.2) is 77.9 Å². The molecule has 0 spiro atoms. The summed E-state index contributed by atoms with van der Waals surface area (Å²) < 4.78 is 0. The van der Waals surface area contributed by atoms with Crippen LogP contribution in [0.4, 0.5) is 0 Å². The number of amides is 2. The van der Waals surface area contributed by atoms with Crippen molar-refractivity contribution >= 4 is 57.6 Å². The smallest absolute Gasteiger partial charge is 0.242 e. The number of carbonyl (C=O) groups is 7. The number of H-pyrrole nitrogens is 1. The van der Waals surface area contributed by atoms with Crippen LogP contribution in [0.2, 0.25) is 0 Å². The predicted octanol–water partition coefficient (Wildman–Crippen LogP) is 11.0. The number of rotatable bonds is 34. The molecule has 486 valence electrons. The van der Waals surface area contributed by atoms with Crippen LogP contribution in [0.1, 0.15) is 192 Å². The normalized spacial score (nSPS) is 27.6. The molecule has 5 aliphatic carbocycles. The van der Waals surface area contributed by atoms with Gasteiger partial charge in [-0.2, -0.15) is 0 Å². The van der Waals surface area contributed by atoms with Crippen molar-refractivity contribution in [3.8, 4) is 0 Å². The molecule has 10 N–H and O–H groups in total. The number of hydrogen-bond acceptors (Lipinski definition) is 10. The summed E-state index contributed by atoms with van der Waals surface area (Å²) in [4.78, 5) is 105. The maximum absolute atomic E-state index is 15.4. The average Bonchev–Trinajstić information content (AvgIpc) is 2.13. The van der Waals surface area contributed by atoms with Crippen LogP contribution in [-0.4, -0.2) is 89.9 Å². The number of benzene rings is 2. The van der Waals surface area contributed by atoms with E-state index in [9.17, 15) is 28.8 Å². The zero-order valence-corrected chi connectivity index (χ0v) is 53.8. The number of nitrogens with zero attached hydrogens (tertiary/aromatic N) is 1. The van der Waals surface area contributed by atoms with Gasteiger partial charge in [-0.3, -0.25) is 38.6 Å². The number of para-hydroxylation sites is 1. The van der Waals surface area contributed by atoms with Crippen molar-refractivity contribution in [2.24, 2.45) is 105 Å². The largest absolute Gasteiger partial charge is 0.370 e. The summed E-state index contributed by atoms with van der Waals surface area (Å²) in [6.45, 7) is 4.88. The zero-order valence-electron chi connectivity index (χ0n) is 53.8. The number of unbranched alkanes of at least 4 members (excludes halogenated alkanes) is 1. The third-order valence-corrected chi connectivity index (χ3v) is 22.7. The SMILES string of the molecule is CC(=O)N[C@@H](Cc1ccccc1)C(=O)NCC(CCCC1CCC(C(=O)CC(CCCN=C(N)N)C2CCC(C(=O)[C@H](Cc3c[nH]c4ccccc34)C3CNC(C(=O)[C@@H](CCCCN)C4C=CC(C(=O)C[C@@H]5CCCC6CCC5C6)CC4)C3)CC2)C1)C(C)=O. The summed E-state index contributed by atoms with van der Waals surface area (Å²) in [5.41, 5.74) is 20.6. The number of hydrogen-bond donors (Lipinski definition) is 7. The fourth-order valence-electron chi connectivity index (χ4n) is 17.5. The Bertz CT molecular complexity index is 2890. The van der Waals surface area contributed by atoms with Gasteiger partial charge in [-0.25, -0.2) is 0 Å². The van der Waals surface area contributed by atoms with Gasteiger partial charge in [-0.05, 0) is 207 Å². The van der Waals surface area contributed by atoms with Crippen LogP contribution in [0.5, 0.6) is 0 Å². The first kappa shape index (κ1) is 67.6. The van der Waals surface area contributed by atoms with E-state index in [2.05, 4.69) is 62.5 Å². The monoisotopic (exact) mass is 1220 g/mol. The molecule has 9 rings (SSSR count). The molecule has 2 amide bonds. The Labute approximate surface area is 530 Å². The minimum absolute atomic E-state index is 0.00357. The highest BCUT2D eigenvalue weighted by Gasteiger charge is 2.44. The Morgan fingerprint density at radius 2 is 1.48 bits per heavy atom. The Morgan fingerprint density at radius 1 is 0.697 bits per heavy atom. The fraction of sp³-hybridized carbons (Fsp3) is 0.676. The molecule has 2 bridgehead atoms. The number of nitrogens with one attached hydrogen (secondary N) is 4. The Morgan fingerprint density at radius 3 is 2.24 bits per heavy atom. The molecule has 1 aliphatic heterocycles. The van der Waals surface area contributed by atoms with E-state index in [-0.39, 0.29) is 95.2 Å². The lowest BCUT2D eigenvalue weighted by Gasteiger charge is -2.36. The summed E-state index contributed by atoms with van der Waals surface area (Å²) in [5, 5.41) is 10.5. The number of allylic oxidation sites excluding steroid dienone is 2. The standard InChI is InChI=1S/C74H108N8O7/c1-47(83)60(44-81-73(89)68(82-48(2)84)39-49-13-4-3-5-14-49)18-11-16-51-24-26-59(38-51)70(86)42-56(19-12-36-78-74(76)77)52-27-33-55(34-28-52)71(87)65(40-61-45-79-66-22-7-6-20-63(61)66)62-41-67(80-46-62)72(88)64(21-8-9-35-75)53-29-31-54(32-30-53)69(85)43-57-17-10-15-50-23-25-58(57)37-50/h3-7,13-14,20,22,29,31,45,50-60,62,64-65,67-68,79-80H,8-12,15-19,21,23-28,30,32-44,46,75H2,1-2H3,(H,81,89)(H,82,84)(H4,76,77,78)/t50?,51?,52?,53?,54?,55?,56?,57-,58?,59?,60?,62?,64-,65+,67?,68-/m0/s1.